The summed E-state index contributed by atoms with van der Waals surface area (Å²) in [6.45, 7) is 7.78. The summed E-state index contributed by atoms with van der Waals surface area (Å²) in [7, 11) is 0. The summed E-state index contributed by atoms with van der Waals surface area (Å²) in [5.41, 5.74) is 0.967. The van der Waals surface area contributed by atoms with E-state index < -0.39 is 0 Å². The Bertz CT molecular complexity index is 689. The van der Waals surface area contributed by atoms with Crippen LogP contribution in [0, 0.1) is 5.82 Å². The van der Waals surface area contributed by atoms with Crippen molar-refractivity contribution in [1.82, 2.24) is 15.6 Å². The Labute approximate surface area is 152 Å². The van der Waals surface area contributed by atoms with Gasteiger partial charge < -0.3 is 15.4 Å². The lowest BCUT2D eigenvalue weighted by Gasteiger charge is -2.17. The molecule has 5 nitrogen and oxygen atoms in total. The number of rotatable bonds is 8. The van der Waals surface area contributed by atoms with Crippen LogP contribution in [0.25, 0.3) is 0 Å². The molecule has 0 saturated carbocycles. The van der Waals surface area contributed by atoms with E-state index >= 15 is 0 Å². The molecule has 0 amide bonds. The Morgan fingerprint density at radius 2 is 2.12 bits per heavy atom. The summed E-state index contributed by atoms with van der Waals surface area (Å²) >= 11 is 1.66. The number of nitrogens with zero attached hydrogens (tertiary/aromatic N) is 2. The highest BCUT2D eigenvalue weighted by Crippen LogP contribution is 2.16. The Balaban J connectivity index is 1.87. The van der Waals surface area contributed by atoms with Gasteiger partial charge in [-0.25, -0.2) is 14.4 Å². The Kier molecular flexibility index (Phi) is 7.66. The molecule has 1 atom stereocenters. The van der Waals surface area contributed by atoms with Gasteiger partial charge in [0.2, 0.25) is 0 Å². The van der Waals surface area contributed by atoms with Gasteiger partial charge in [-0.1, -0.05) is 19.1 Å². The lowest BCUT2D eigenvalue weighted by molar-refractivity contribution is 0.214. The quantitative estimate of drug-likeness (QED) is 0.557. The molecule has 136 valence electrons. The van der Waals surface area contributed by atoms with E-state index in [4.69, 9.17) is 4.74 Å². The van der Waals surface area contributed by atoms with Crippen LogP contribution >= 0.6 is 11.3 Å². The van der Waals surface area contributed by atoms with Gasteiger partial charge in [0.15, 0.2) is 17.5 Å². The molecule has 2 N–H and O–H groups in total. The molecule has 1 unspecified atom stereocenters. The largest absolute Gasteiger partial charge is 0.486 e. The molecule has 2 aromatic rings. The Hall–Kier alpha value is -2.15. The van der Waals surface area contributed by atoms with E-state index in [2.05, 4.69) is 27.5 Å². The van der Waals surface area contributed by atoms with Crippen LogP contribution in [0.4, 0.5) is 4.39 Å². The topological polar surface area (TPSA) is 58.5 Å². The molecular weight excluding hydrogens is 339 g/mol. The van der Waals surface area contributed by atoms with Gasteiger partial charge >= 0.3 is 0 Å². The second-order valence-corrected chi connectivity index (χ2v) is 6.46. The van der Waals surface area contributed by atoms with Crippen LogP contribution in [0.5, 0.6) is 5.75 Å². The summed E-state index contributed by atoms with van der Waals surface area (Å²) in [5, 5.41) is 9.57. The van der Waals surface area contributed by atoms with Crippen LogP contribution in [0.3, 0.4) is 0 Å². The standard InChI is InChI=1S/C18H25FN4OS/c1-4-17-23-14(12-25-17)11-22-18(20-5-2)21-10-13(3)24-16-9-7-6-8-15(16)19/h6-9,12-13H,4-5,10-11H2,1-3H3,(H2,20,21,22). The van der Waals surface area contributed by atoms with E-state index in [1.807, 2.05) is 19.2 Å². The zero-order valence-electron chi connectivity index (χ0n) is 14.9. The number of thiazole rings is 1. The third-order valence-corrected chi connectivity index (χ3v) is 4.41. The molecule has 0 aliphatic rings. The minimum atomic E-state index is -0.356. The van der Waals surface area contributed by atoms with Gasteiger partial charge in [-0.05, 0) is 32.4 Å². The van der Waals surface area contributed by atoms with E-state index in [0.29, 0.717) is 19.0 Å². The van der Waals surface area contributed by atoms with Crippen molar-refractivity contribution in [3.63, 3.8) is 0 Å². The number of hydrogen-bond acceptors (Lipinski definition) is 4. The number of halogens is 1. The average molecular weight is 364 g/mol. The summed E-state index contributed by atoms with van der Waals surface area (Å²) in [5.74, 6) is 0.594. The molecule has 2 rings (SSSR count). The third kappa shape index (κ3) is 6.34. The van der Waals surface area contributed by atoms with Crippen LogP contribution in [-0.2, 0) is 13.0 Å². The minimum absolute atomic E-state index is 0.202. The van der Waals surface area contributed by atoms with Crippen molar-refractivity contribution in [2.24, 2.45) is 4.99 Å². The highest BCUT2D eigenvalue weighted by molar-refractivity contribution is 7.09. The molecule has 0 spiro atoms. The van der Waals surface area contributed by atoms with Crippen molar-refractivity contribution >= 4 is 17.3 Å². The number of ether oxygens (including phenoxy) is 1. The predicted molar refractivity (Wildman–Crippen MR) is 101 cm³/mol. The van der Waals surface area contributed by atoms with Gasteiger partial charge in [0, 0.05) is 11.9 Å². The number of hydrogen-bond donors (Lipinski definition) is 2. The van der Waals surface area contributed by atoms with Gasteiger partial charge in [-0.3, -0.25) is 0 Å². The van der Waals surface area contributed by atoms with Gasteiger partial charge in [-0.2, -0.15) is 0 Å². The lowest BCUT2D eigenvalue weighted by Crippen LogP contribution is -2.41. The molecule has 25 heavy (non-hydrogen) atoms. The second-order valence-electron chi connectivity index (χ2n) is 5.52. The first-order valence-electron chi connectivity index (χ1n) is 8.49. The summed E-state index contributed by atoms with van der Waals surface area (Å²) < 4.78 is 19.2. The normalized spacial score (nSPS) is 12.7. The highest BCUT2D eigenvalue weighted by Gasteiger charge is 2.09. The highest BCUT2D eigenvalue weighted by atomic mass is 32.1. The van der Waals surface area contributed by atoms with E-state index in [1.54, 1.807) is 29.5 Å². The van der Waals surface area contributed by atoms with Gasteiger partial charge in [-0.15, -0.1) is 11.3 Å². The summed E-state index contributed by atoms with van der Waals surface area (Å²) in [4.78, 5) is 9.05. The van der Waals surface area contributed by atoms with Crippen LogP contribution in [0.2, 0.25) is 0 Å². The molecule has 1 heterocycles. The van der Waals surface area contributed by atoms with E-state index in [0.717, 1.165) is 23.7 Å². The molecule has 0 radical (unpaired) electrons. The molecule has 0 aliphatic heterocycles. The Morgan fingerprint density at radius 3 is 2.80 bits per heavy atom. The first-order chi connectivity index (χ1) is 12.1. The van der Waals surface area contributed by atoms with Crippen molar-refractivity contribution < 1.29 is 9.13 Å². The predicted octanol–water partition coefficient (Wildman–Crippen LogP) is 3.37. The average Bonchev–Trinajstić information content (AvgIpc) is 3.07. The maximum absolute atomic E-state index is 13.6. The minimum Gasteiger partial charge on any atom is -0.486 e. The monoisotopic (exact) mass is 364 g/mol. The van der Waals surface area contributed by atoms with Crippen LogP contribution in [-0.4, -0.2) is 30.1 Å². The molecule has 7 heteroatoms. The van der Waals surface area contributed by atoms with Crippen LogP contribution < -0.4 is 15.4 Å². The molecular formula is C18H25FN4OS. The number of aliphatic imine (C=N–C) groups is 1. The van der Waals surface area contributed by atoms with Crippen molar-refractivity contribution in [2.75, 3.05) is 13.1 Å². The molecule has 0 aliphatic carbocycles. The molecule has 0 bridgehead atoms. The third-order valence-electron chi connectivity index (χ3n) is 3.37. The van der Waals surface area contributed by atoms with Gasteiger partial charge in [0.05, 0.1) is 23.8 Å². The van der Waals surface area contributed by atoms with E-state index in [-0.39, 0.29) is 17.7 Å². The smallest absolute Gasteiger partial charge is 0.191 e. The fraction of sp³-hybridized carbons (Fsp3) is 0.444. The van der Waals surface area contributed by atoms with Crippen LogP contribution in [0.15, 0.2) is 34.6 Å². The molecule has 1 aromatic heterocycles. The van der Waals surface area contributed by atoms with Crippen molar-refractivity contribution in [3.05, 3.63) is 46.2 Å². The first kappa shape index (κ1) is 19.2. The number of aromatic nitrogens is 1. The number of benzene rings is 1. The van der Waals surface area contributed by atoms with Crippen molar-refractivity contribution in [2.45, 2.75) is 39.8 Å². The zero-order valence-corrected chi connectivity index (χ0v) is 15.7. The maximum Gasteiger partial charge on any atom is 0.191 e. The van der Waals surface area contributed by atoms with Crippen molar-refractivity contribution in [3.8, 4) is 5.75 Å². The fourth-order valence-corrected chi connectivity index (χ4v) is 2.86. The zero-order chi connectivity index (χ0) is 18.1. The van der Waals surface area contributed by atoms with Gasteiger partial charge in [0.25, 0.3) is 0 Å². The van der Waals surface area contributed by atoms with E-state index in [9.17, 15) is 4.39 Å². The maximum atomic E-state index is 13.6. The number of guanidine groups is 1. The summed E-state index contributed by atoms with van der Waals surface area (Å²) in [6.07, 6.45) is 0.740. The number of aryl methyl sites for hydroxylation is 1. The summed E-state index contributed by atoms with van der Waals surface area (Å²) in [6, 6.07) is 6.41. The molecule has 0 fully saturated rings. The Morgan fingerprint density at radius 1 is 1.32 bits per heavy atom. The lowest BCUT2D eigenvalue weighted by atomic mass is 10.3. The fourth-order valence-electron chi connectivity index (χ4n) is 2.12. The second kappa shape index (κ2) is 9.98. The SMILES string of the molecule is CCNC(=NCc1csc(CC)n1)NCC(C)Oc1ccccc1F. The number of nitrogens with one attached hydrogen (secondary N) is 2. The van der Waals surface area contributed by atoms with Gasteiger partial charge in [0.1, 0.15) is 6.10 Å². The van der Waals surface area contributed by atoms with E-state index in [1.165, 1.54) is 6.07 Å². The molecule has 0 saturated heterocycles. The van der Waals surface area contributed by atoms with Crippen LogP contribution in [0.1, 0.15) is 31.5 Å². The first-order valence-corrected chi connectivity index (χ1v) is 9.37. The van der Waals surface area contributed by atoms with Crippen molar-refractivity contribution in [1.29, 1.82) is 0 Å². The molecule has 1 aromatic carbocycles. The number of para-hydroxylation sites is 1.